The summed E-state index contributed by atoms with van der Waals surface area (Å²) in [5, 5.41) is 9.08. The Morgan fingerprint density at radius 2 is 1.75 bits per heavy atom. The molecule has 1 saturated carbocycles. The van der Waals surface area contributed by atoms with Gasteiger partial charge in [0.1, 0.15) is 0 Å². The average molecular weight is 480 g/mol. The summed E-state index contributed by atoms with van der Waals surface area (Å²) in [6.45, 7) is 15.4. The van der Waals surface area contributed by atoms with E-state index in [-0.39, 0.29) is 0 Å². The molecule has 2 aromatic rings. The first-order valence-corrected chi connectivity index (χ1v) is 13.7. The van der Waals surface area contributed by atoms with E-state index in [4.69, 9.17) is 10.3 Å². The van der Waals surface area contributed by atoms with Crippen LogP contribution in [0.4, 0.5) is 0 Å². The van der Waals surface area contributed by atoms with E-state index in [2.05, 4.69) is 75.7 Å². The van der Waals surface area contributed by atoms with Crippen molar-refractivity contribution in [1.29, 1.82) is 5.26 Å². The lowest BCUT2D eigenvalue weighted by Crippen LogP contribution is -2.31. The predicted octanol–water partition coefficient (Wildman–Crippen LogP) is 8.61. The molecule has 36 heavy (non-hydrogen) atoms. The third-order valence-electron chi connectivity index (χ3n) is 8.16. The summed E-state index contributed by atoms with van der Waals surface area (Å²) in [4.78, 5) is 7.24. The van der Waals surface area contributed by atoms with Crippen LogP contribution < -0.4 is 0 Å². The second-order valence-electron chi connectivity index (χ2n) is 10.8. The molecule has 188 valence electrons. The minimum absolute atomic E-state index is 0.550. The molecule has 1 heterocycles. The zero-order valence-corrected chi connectivity index (χ0v) is 22.6. The molecule has 4 rings (SSSR count). The maximum absolute atomic E-state index is 9.08. The van der Waals surface area contributed by atoms with Crippen molar-refractivity contribution in [3.63, 3.8) is 0 Å². The van der Waals surface area contributed by atoms with E-state index in [1.54, 1.807) is 0 Å². The number of allylic oxidation sites excluding steroid dienone is 1. The summed E-state index contributed by atoms with van der Waals surface area (Å²) >= 11 is 0. The van der Waals surface area contributed by atoms with Crippen molar-refractivity contribution in [3.05, 3.63) is 82.6 Å². The summed E-state index contributed by atoms with van der Waals surface area (Å²) < 4.78 is 0. The number of hydrogen-bond acceptors (Lipinski definition) is 3. The van der Waals surface area contributed by atoms with Crippen LogP contribution in [-0.4, -0.2) is 23.7 Å². The number of rotatable bonds is 8. The van der Waals surface area contributed by atoms with Gasteiger partial charge in [0.2, 0.25) is 0 Å². The van der Waals surface area contributed by atoms with Crippen molar-refractivity contribution in [3.8, 4) is 6.07 Å². The quantitative estimate of drug-likeness (QED) is 0.356. The van der Waals surface area contributed by atoms with E-state index in [0.717, 1.165) is 50.0 Å². The van der Waals surface area contributed by atoms with Crippen LogP contribution in [0.5, 0.6) is 0 Å². The van der Waals surface area contributed by atoms with Gasteiger partial charge in [0.25, 0.3) is 0 Å². The highest BCUT2D eigenvalue weighted by atomic mass is 15.1. The maximum Gasteiger partial charge on any atom is 0.0991 e. The molecule has 2 fully saturated rings. The lowest BCUT2D eigenvalue weighted by molar-refractivity contribution is 0.299. The molecule has 0 atom stereocenters. The molecule has 0 spiro atoms. The SMILES string of the molecule is C=C(c1cc(/C(C)=C/N=C(\C)CCC)c(C2CCC2)cc1C)N1CCC(c2ccc(C#N)cc2)CC1. The normalized spacial score (nSPS) is 17.6. The molecule has 0 N–H and O–H groups in total. The van der Waals surface area contributed by atoms with Crippen molar-refractivity contribution < 1.29 is 0 Å². The molecule has 2 aromatic carbocycles. The molecule has 3 nitrogen and oxygen atoms in total. The molecule has 3 heteroatoms. The number of hydrogen-bond donors (Lipinski definition) is 0. The van der Waals surface area contributed by atoms with Crippen LogP contribution in [0.25, 0.3) is 11.3 Å². The van der Waals surface area contributed by atoms with Crippen LogP contribution >= 0.6 is 0 Å². The predicted molar refractivity (Wildman–Crippen MR) is 153 cm³/mol. The molecular formula is C33H41N3. The molecule has 0 radical (unpaired) electrons. The van der Waals surface area contributed by atoms with E-state index < -0.39 is 0 Å². The van der Waals surface area contributed by atoms with Gasteiger partial charge in [0.05, 0.1) is 11.6 Å². The average Bonchev–Trinajstić information content (AvgIpc) is 2.86. The van der Waals surface area contributed by atoms with Crippen LogP contribution in [0.3, 0.4) is 0 Å². The second kappa shape index (κ2) is 11.7. The van der Waals surface area contributed by atoms with Crippen molar-refractivity contribution in [2.75, 3.05) is 13.1 Å². The molecule has 1 saturated heterocycles. The molecule has 0 amide bonds. The standard InChI is InChI=1S/C33H41N3/c1-6-8-25(4)35-22-24(3)32-20-31(23(2)19-33(32)30-9-7-10-30)26(5)36-17-15-29(16-18-36)28-13-11-27(21-34)12-14-28/h11-14,19-20,22,29-30H,5-10,15-18H2,1-4H3/b24-22+,35-25+. The molecule has 0 aromatic heterocycles. The van der Waals surface area contributed by atoms with Gasteiger partial charge in [-0.1, -0.05) is 44.5 Å². The highest BCUT2D eigenvalue weighted by Crippen LogP contribution is 2.42. The zero-order valence-electron chi connectivity index (χ0n) is 22.6. The minimum Gasteiger partial charge on any atom is -0.371 e. The minimum atomic E-state index is 0.550. The van der Waals surface area contributed by atoms with Crippen molar-refractivity contribution in [2.24, 2.45) is 4.99 Å². The van der Waals surface area contributed by atoms with E-state index >= 15 is 0 Å². The number of nitrogens with zero attached hydrogens (tertiary/aromatic N) is 3. The summed E-state index contributed by atoms with van der Waals surface area (Å²) in [6.07, 6.45) is 10.4. The van der Waals surface area contributed by atoms with Gasteiger partial charge in [-0.15, -0.1) is 0 Å². The first-order chi connectivity index (χ1) is 17.4. The van der Waals surface area contributed by atoms with E-state index in [1.165, 1.54) is 58.4 Å². The topological polar surface area (TPSA) is 39.4 Å². The number of aliphatic imine (C=N–C) groups is 1. The van der Waals surface area contributed by atoms with Gasteiger partial charge in [-0.2, -0.15) is 5.26 Å². The van der Waals surface area contributed by atoms with Crippen molar-refractivity contribution in [2.45, 2.75) is 84.5 Å². The molecule has 0 bridgehead atoms. The monoisotopic (exact) mass is 479 g/mol. The van der Waals surface area contributed by atoms with Gasteiger partial charge in [-0.3, -0.25) is 4.99 Å². The fraction of sp³-hybridized carbons (Fsp3) is 0.455. The second-order valence-corrected chi connectivity index (χ2v) is 10.8. The number of benzene rings is 2. The highest BCUT2D eigenvalue weighted by molar-refractivity contribution is 5.83. The Hall–Kier alpha value is -3.12. The van der Waals surface area contributed by atoms with Crippen molar-refractivity contribution in [1.82, 2.24) is 4.90 Å². The van der Waals surface area contributed by atoms with Gasteiger partial charge < -0.3 is 4.90 Å². The maximum atomic E-state index is 9.08. The lowest BCUT2D eigenvalue weighted by Gasteiger charge is -2.36. The van der Waals surface area contributed by atoms with E-state index in [0.29, 0.717) is 11.8 Å². The van der Waals surface area contributed by atoms with Crippen LogP contribution in [0.2, 0.25) is 0 Å². The summed E-state index contributed by atoms with van der Waals surface area (Å²) in [5.41, 5.74) is 11.1. The van der Waals surface area contributed by atoms with Crippen LogP contribution in [0.15, 0.2) is 54.2 Å². The van der Waals surface area contributed by atoms with Crippen LogP contribution in [-0.2, 0) is 0 Å². The number of piperidine rings is 1. The van der Waals surface area contributed by atoms with Gasteiger partial charge in [-0.25, -0.2) is 0 Å². The highest BCUT2D eigenvalue weighted by Gasteiger charge is 2.26. The summed E-state index contributed by atoms with van der Waals surface area (Å²) in [5.74, 6) is 1.22. The lowest BCUT2D eigenvalue weighted by atomic mass is 9.76. The van der Waals surface area contributed by atoms with Crippen LogP contribution in [0, 0.1) is 18.3 Å². The van der Waals surface area contributed by atoms with Crippen molar-refractivity contribution >= 4 is 17.0 Å². The van der Waals surface area contributed by atoms with Gasteiger partial charge >= 0.3 is 0 Å². The Morgan fingerprint density at radius 3 is 2.33 bits per heavy atom. The fourth-order valence-electron chi connectivity index (χ4n) is 5.63. The summed E-state index contributed by atoms with van der Waals surface area (Å²) in [6, 6.07) is 15.2. The molecule has 1 aliphatic carbocycles. The first-order valence-electron chi connectivity index (χ1n) is 13.7. The number of likely N-dealkylation sites (tertiary alicyclic amines) is 1. The largest absolute Gasteiger partial charge is 0.371 e. The van der Waals surface area contributed by atoms with E-state index in [9.17, 15) is 0 Å². The number of aryl methyl sites for hydroxylation is 1. The Balaban J connectivity index is 1.54. The molecule has 2 aliphatic rings. The molecule has 0 unspecified atom stereocenters. The van der Waals surface area contributed by atoms with E-state index in [1.807, 2.05) is 12.1 Å². The van der Waals surface area contributed by atoms with Gasteiger partial charge in [0, 0.05) is 36.3 Å². The molecule has 1 aliphatic heterocycles. The summed E-state index contributed by atoms with van der Waals surface area (Å²) in [7, 11) is 0. The van der Waals surface area contributed by atoms with Crippen LogP contribution in [0.1, 0.15) is 111 Å². The zero-order chi connectivity index (χ0) is 25.7. The number of nitriles is 1. The Kier molecular flexibility index (Phi) is 8.47. The first kappa shape index (κ1) is 26.0. The smallest absolute Gasteiger partial charge is 0.0991 e. The van der Waals surface area contributed by atoms with Gasteiger partial charge in [-0.05, 0) is 111 Å². The van der Waals surface area contributed by atoms with Gasteiger partial charge in [0.15, 0.2) is 0 Å². The molecular weight excluding hydrogens is 438 g/mol. The Labute approximate surface area is 218 Å². The third-order valence-corrected chi connectivity index (χ3v) is 8.16. The third kappa shape index (κ3) is 5.81. The Bertz CT molecular complexity index is 1180. The Morgan fingerprint density at radius 1 is 1.06 bits per heavy atom. The fourth-order valence-corrected chi connectivity index (χ4v) is 5.63.